The number of furan rings is 1. The highest BCUT2D eigenvalue weighted by Crippen LogP contribution is 2.33. The lowest BCUT2D eigenvalue weighted by molar-refractivity contribution is -0.137. The van der Waals surface area contributed by atoms with Crippen LogP contribution in [-0.2, 0) is 20.8 Å². The molecule has 2 aliphatic heterocycles. The van der Waals surface area contributed by atoms with Crippen LogP contribution in [0.25, 0.3) is 11.3 Å². The first-order valence-electron chi connectivity index (χ1n) is 10.0. The Morgan fingerprint density at radius 1 is 1.16 bits per heavy atom. The summed E-state index contributed by atoms with van der Waals surface area (Å²) in [6, 6.07) is 7.03. The van der Waals surface area contributed by atoms with Crippen LogP contribution in [0.2, 0.25) is 0 Å². The summed E-state index contributed by atoms with van der Waals surface area (Å²) < 4.78 is 74.1. The Kier molecular flexibility index (Phi) is 5.87. The van der Waals surface area contributed by atoms with E-state index in [-0.39, 0.29) is 41.2 Å². The van der Waals surface area contributed by atoms with Crippen LogP contribution >= 0.6 is 0 Å². The SMILES string of the molecule is O=C(c1ccc(-c2cccc(C(F)(F)F)c2)o1)N(C[C@H]1CCCO1)[C@@H]1CCS(=O)(=O)C1. The highest BCUT2D eigenvalue weighted by Gasteiger charge is 2.37. The lowest BCUT2D eigenvalue weighted by Crippen LogP contribution is -2.45. The number of hydrogen-bond acceptors (Lipinski definition) is 5. The van der Waals surface area contributed by atoms with Gasteiger partial charge in [0, 0.05) is 24.8 Å². The van der Waals surface area contributed by atoms with Crippen LogP contribution in [-0.4, -0.2) is 56.0 Å². The zero-order chi connectivity index (χ0) is 22.2. The van der Waals surface area contributed by atoms with Crippen molar-refractivity contribution in [1.29, 1.82) is 0 Å². The van der Waals surface area contributed by atoms with Crippen molar-refractivity contribution in [2.75, 3.05) is 24.7 Å². The number of nitrogens with zero attached hydrogens (tertiary/aromatic N) is 1. The number of rotatable bonds is 5. The van der Waals surface area contributed by atoms with Crippen molar-refractivity contribution >= 4 is 15.7 Å². The molecule has 2 aliphatic rings. The van der Waals surface area contributed by atoms with Gasteiger partial charge < -0.3 is 14.1 Å². The molecule has 4 rings (SSSR count). The molecule has 0 aliphatic carbocycles. The lowest BCUT2D eigenvalue weighted by atomic mass is 10.1. The van der Waals surface area contributed by atoms with Gasteiger partial charge in [0.1, 0.15) is 5.76 Å². The molecule has 2 aromatic rings. The monoisotopic (exact) mass is 457 g/mol. The van der Waals surface area contributed by atoms with Gasteiger partial charge in [-0.2, -0.15) is 13.2 Å². The minimum absolute atomic E-state index is 0.0145. The molecule has 3 heterocycles. The van der Waals surface area contributed by atoms with E-state index in [9.17, 15) is 26.4 Å². The first-order chi connectivity index (χ1) is 14.6. The van der Waals surface area contributed by atoms with E-state index in [0.717, 1.165) is 25.0 Å². The van der Waals surface area contributed by atoms with Gasteiger partial charge in [0.05, 0.1) is 23.2 Å². The van der Waals surface area contributed by atoms with Crippen LogP contribution in [0.3, 0.4) is 0 Å². The zero-order valence-electron chi connectivity index (χ0n) is 16.6. The average molecular weight is 457 g/mol. The number of ether oxygens (including phenoxy) is 1. The Morgan fingerprint density at radius 2 is 1.97 bits per heavy atom. The fourth-order valence-electron chi connectivity index (χ4n) is 4.03. The largest absolute Gasteiger partial charge is 0.451 e. The number of alkyl halides is 3. The summed E-state index contributed by atoms with van der Waals surface area (Å²) >= 11 is 0. The maximum absolute atomic E-state index is 13.2. The third-order valence-electron chi connectivity index (χ3n) is 5.63. The summed E-state index contributed by atoms with van der Waals surface area (Å²) in [5.74, 6) is -0.510. The van der Waals surface area contributed by atoms with E-state index in [0.29, 0.717) is 13.0 Å². The summed E-state index contributed by atoms with van der Waals surface area (Å²) in [7, 11) is -3.22. The lowest BCUT2D eigenvalue weighted by Gasteiger charge is -2.29. The smallest absolute Gasteiger partial charge is 0.416 e. The molecule has 2 saturated heterocycles. The molecule has 168 valence electrons. The van der Waals surface area contributed by atoms with E-state index < -0.39 is 33.5 Å². The first kappa shape index (κ1) is 21.9. The number of hydrogen-bond donors (Lipinski definition) is 0. The minimum Gasteiger partial charge on any atom is -0.451 e. The third-order valence-corrected chi connectivity index (χ3v) is 7.38. The molecule has 2 atom stereocenters. The normalized spacial score (nSPS) is 23.2. The molecule has 0 radical (unpaired) electrons. The predicted octanol–water partition coefficient (Wildman–Crippen LogP) is 3.77. The van der Waals surface area contributed by atoms with Crippen molar-refractivity contribution in [1.82, 2.24) is 4.90 Å². The van der Waals surface area contributed by atoms with Gasteiger partial charge in [-0.25, -0.2) is 8.42 Å². The summed E-state index contributed by atoms with van der Waals surface area (Å²) in [6.07, 6.45) is -2.69. The fraction of sp³-hybridized carbons (Fsp3) is 0.476. The quantitative estimate of drug-likeness (QED) is 0.683. The molecule has 0 unspecified atom stereocenters. The van der Waals surface area contributed by atoms with Crippen LogP contribution in [0.1, 0.15) is 35.4 Å². The molecule has 1 aromatic heterocycles. The van der Waals surface area contributed by atoms with Crippen molar-refractivity contribution in [2.24, 2.45) is 0 Å². The highest BCUT2D eigenvalue weighted by atomic mass is 32.2. The summed E-state index contributed by atoms with van der Waals surface area (Å²) in [6.45, 7) is 0.842. The predicted molar refractivity (Wildman–Crippen MR) is 106 cm³/mol. The number of amides is 1. The maximum atomic E-state index is 13.2. The Labute approximate surface area is 177 Å². The number of carbonyl (C=O) groups is 1. The molecule has 1 amide bonds. The van der Waals surface area contributed by atoms with Crippen molar-refractivity contribution in [2.45, 2.75) is 37.6 Å². The van der Waals surface area contributed by atoms with Gasteiger partial charge in [-0.1, -0.05) is 12.1 Å². The number of benzene rings is 1. The van der Waals surface area contributed by atoms with E-state index in [2.05, 4.69) is 0 Å². The topological polar surface area (TPSA) is 76.8 Å². The molecule has 6 nitrogen and oxygen atoms in total. The summed E-state index contributed by atoms with van der Waals surface area (Å²) in [4.78, 5) is 14.7. The van der Waals surface area contributed by atoms with Crippen LogP contribution in [0, 0.1) is 0 Å². The second-order valence-corrected chi connectivity index (χ2v) is 10.1. The van der Waals surface area contributed by atoms with Gasteiger partial charge in [0.25, 0.3) is 5.91 Å². The molecule has 31 heavy (non-hydrogen) atoms. The van der Waals surface area contributed by atoms with Crippen molar-refractivity contribution in [3.05, 3.63) is 47.7 Å². The van der Waals surface area contributed by atoms with E-state index >= 15 is 0 Å². The highest BCUT2D eigenvalue weighted by molar-refractivity contribution is 7.91. The molecule has 2 fully saturated rings. The van der Waals surface area contributed by atoms with Crippen molar-refractivity contribution in [3.63, 3.8) is 0 Å². The van der Waals surface area contributed by atoms with Crippen molar-refractivity contribution < 1.29 is 35.5 Å². The molecular formula is C21H22F3NO5S. The second-order valence-electron chi connectivity index (χ2n) is 7.89. The summed E-state index contributed by atoms with van der Waals surface area (Å²) in [5, 5.41) is 0. The van der Waals surface area contributed by atoms with E-state index in [1.807, 2.05) is 0 Å². The number of carbonyl (C=O) groups excluding carboxylic acids is 1. The van der Waals surface area contributed by atoms with Gasteiger partial charge in [0.15, 0.2) is 15.6 Å². The van der Waals surface area contributed by atoms with Crippen molar-refractivity contribution in [3.8, 4) is 11.3 Å². The third kappa shape index (κ3) is 4.95. The minimum atomic E-state index is -4.49. The molecule has 0 N–H and O–H groups in total. The van der Waals surface area contributed by atoms with E-state index in [4.69, 9.17) is 9.15 Å². The van der Waals surface area contributed by atoms with Gasteiger partial charge in [-0.15, -0.1) is 0 Å². The molecule has 0 saturated carbocycles. The van der Waals surface area contributed by atoms with Gasteiger partial charge in [0.2, 0.25) is 0 Å². The van der Waals surface area contributed by atoms with E-state index in [1.165, 1.54) is 29.2 Å². The van der Waals surface area contributed by atoms with E-state index in [1.54, 1.807) is 0 Å². The van der Waals surface area contributed by atoms with Crippen LogP contribution in [0.15, 0.2) is 40.8 Å². The fourth-order valence-corrected chi connectivity index (χ4v) is 5.76. The second kappa shape index (κ2) is 8.31. The molecule has 0 spiro atoms. The zero-order valence-corrected chi connectivity index (χ0v) is 17.4. The van der Waals surface area contributed by atoms with Gasteiger partial charge in [-0.05, 0) is 43.5 Å². The Balaban J connectivity index is 1.58. The molecular weight excluding hydrogens is 435 g/mol. The van der Waals surface area contributed by atoms with Gasteiger partial charge in [-0.3, -0.25) is 4.79 Å². The number of halogens is 3. The van der Waals surface area contributed by atoms with Crippen LogP contribution in [0.5, 0.6) is 0 Å². The average Bonchev–Trinajstić information content (AvgIpc) is 3.46. The maximum Gasteiger partial charge on any atom is 0.416 e. The molecule has 10 heteroatoms. The Morgan fingerprint density at radius 3 is 2.61 bits per heavy atom. The Hall–Kier alpha value is -2.33. The van der Waals surface area contributed by atoms with Crippen LogP contribution in [0.4, 0.5) is 13.2 Å². The van der Waals surface area contributed by atoms with Crippen LogP contribution < -0.4 is 0 Å². The molecule has 0 bridgehead atoms. The number of sulfone groups is 1. The molecule has 1 aromatic carbocycles. The Bertz CT molecular complexity index is 1060. The summed E-state index contributed by atoms with van der Waals surface area (Å²) in [5.41, 5.74) is -0.617. The standard InChI is InChI=1S/C21H22F3NO5S/c22-21(23,24)15-4-1-3-14(11-15)18-6-7-19(30-18)20(26)25(12-17-5-2-9-29-17)16-8-10-31(27,28)13-16/h1,3-4,6-7,11,16-17H,2,5,8-10,12-13H2/t16-,17-/m1/s1. The first-order valence-corrected chi connectivity index (χ1v) is 11.8. The van der Waals surface area contributed by atoms with Gasteiger partial charge >= 0.3 is 6.18 Å².